The number of nitro benzene ring substituents is 1. The summed E-state index contributed by atoms with van der Waals surface area (Å²) in [6, 6.07) is 4.44. The average Bonchev–Trinajstić information content (AvgIpc) is 2.77. The predicted octanol–water partition coefficient (Wildman–Crippen LogP) is 1.88. The number of aromatic nitrogens is 3. The number of thioether (sulfide) groups is 1. The van der Waals surface area contributed by atoms with Crippen molar-refractivity contribution in [3.8, 4) is 11.4 Å². The number of carbonyl (C=O) groups is 1. The highest BCUT2D eigenvalue weighted by atomic mass is 32.2. The first-order chi connectivity index (χ1) is 9.88. The van der Waals surface area contributed by atoms with Gasteiger partial charge in [-0.05, 0) is 18.6 Å². The van der Waals surface area contributed by atoms with E-state index in [-0.39, 0.29) is 11.4 Å². The highest BCUT2D eigenvalue weighted by Gasteiger charge is 2.15. The van der Waals surface area contributed by atoms with Crippen LogP contribution in [0, 0.1) is 17.0 Å². The first kappa shape index (κ1) is 15.0. The summed E-state index contributed by atoms with van der Waals surface area (Å²) in [4.78, 5) is 25.1. The van der Waals surface area contributed by atoms with E-state index in [2.05, 4.69) is 10.1 Å². The molecular weight excluding hydrogens is 296 g/mol. The number of nitro groups is 1. The topological polar surface area (TPSA) is 111 Å². The molecule has 0 radical (unpaired) electrons. The predicted molar refractivity (Wildman–Crippen MR) is 76.2 cm³/mol. The maximum Gasteiger partial charge on any atom is 0.313 e. The lowest BCUT2D eigenvalue weighted by atomic mass is 10.1. The summed E-state index contributed by atoms with van der Waals surface area (Å²) in [7, 11) is 1.67. The second kappa shape index (κ2) is 5.92. The molecule has 0 atom stereocenters. The molecule has 1 N–H and O–H groups in total. The van der Waals surface area contributed by atoms with Crippen molar-refractivity contribution < 1.29 is 14.8 Å². The number of carboxylic acids is 1. The molecule has 0 aliphatic heterocycles. The quantitative estimate of drug-likeness (QED) is 0.510. The van der Waals surface area contributed by atoms with E-state index in [1.165, 1.54) is 16.8 Å². The standard InChI is InChI=1S/C12H12N4O4S/c1-7-5-8(16(19)20)3-4-9(7)11-13-12(15(2)14-11)21-6-10(17)18/h3-5H,6H2,1-2H3,(H,17,18). The van der Waals surface area contributed by atoms with Gasteiger partial charge in [0.05, 0.1) is 10.7 Å². The van der Waals surface area contributed by atoms with E-state index in [9.17, 15) is 14.9 Å². The zero-order valence-corrected chi connectivity index (χ0v) is 12.1. The molecule has 0 aliphatic carbocycles. The highest BCUT2D eigenvalue weighted by molar-refractivity contribution is 7.99. The number of aryl methyl sites for hydroxylation is 2. The van der Waals surface area contributed by atoms with E-state index in [4.69, 9.17) is 5.11 Å². The zero-order chi connectivity index (χ0) is 15.6. The lowest BCUT2D eigenvalue weighted by molar-refractivity contribution is -0.384. The Morgan fingerprint density at radius 1 is 1.52 bits per heavy atom. The maximum atomic E-state index is 10.7. The molecule has 0 aliphatic rings. The van der Waals surface area contributed by atoms with Gasteiger partial charge in [0, 0.05) is 24.7 Å². The van der Waals surface area contributed by atoms with Gasteiger partial charge in [0.25, 0.3) is 5.69 Å². The van der Waals surface area contributed by atoms with Gasteiger partial charge in [-0.3, -0.25) is 14.9 Å². The van der Waals surface area contributed by atoms with Crippen molar-refractivity contribution >= 4 is 23.4 Å². The minimum atomic E-state index is -0.934. The van der Waals surface area contributed by atoms with Crippen molar-refractivity contribution in [3.63, 3.8) is 0 Å². The number of rotatable bonds is 5. The summed E-state index contributed by atoms with van der Waals surface area (Å²) in [5.74, 6) is -0.626. The van der Waals surface area contributed by atoms with Crippen LogP contribution in [0.25, 0.3) is 11.4 Å². The van der Waals surface area contributed by atoms with Crippen LogP contribution in [0.1, 0.15) is 5.56 Å². The summed E-state index contributed by atoms with van der Waals surface area (Å²) in [5.41, 5.74) is 1.37. The van der Waals surface area contributed by atoms with Gasteiger partial charge < -0.3 is 5.11 Å². The van der Waals surface area contributed by atoms with Crippen LogP contribution >= 0.6 is 11.8 Å². The smallest absolute Gasteiger partial charge is 0.313 e. The third-order valence-electron chi connectivity index (χ3n) is 2.71. The molecule has 0 unspecified atom stereocenters. The van der Waals surface area contributed by atoms with Gasteiger partial charge in [-0.1, -0.05) is 11.8 Å². The van der Waals surface area contributed by atoms with Crippen molar-refractivity contribution in [1.29, 1.82) is 0 Å². The van der Waals surface area contributed by atoms with E-state index in [0.29, 0.717) is 22.1 Å². The number of nitrogens with zero attached hydrogens (tertiary/aromatic N) is 4. The Balaban J connectivity index is 2.32. The highest BCUT2D eigenvalue weighted by Crippen LogP contribution is 2.26. The minimum Gasteiger partial charge on any atom is -0.481 e. The summed E-state index contributed by atoms with van der Waals surface area (Å²) < 4.78 is 1.49. The largest absolute Gasteiger partial charge is 0.481 e. The first-order valence-electron chi connectivity index (χ1n) is 5.89. The fourth-order valence-corrected chi connectivity index (χ4v) is 2.38. The third-order valence-corrected chi connectivity index (χ3v) is 3.71. The van der Waals surface area contributed by atoms with Gasteiger partial charge in [0.15, 0.2) is 11.0 Å². The Hall–Kier alpha value is -2.42. The van der Waals surface area contributed by atoms with Crippen molar-refractivity contribution in [2.45, 2.75) is 12.1 Å². The number of non-ortho nitro benzene ring substituents is 1. The summed E-state index contributed by atoms with van der Waals surface area (Å²) in [6.07, 6.45) is 0. The number of aliphatic carboxylic acids is 1. The lowest BCUT2D eigenvalue weighted by Gasteiger charge is -2.00. The van der Waals surface area contributed by atoms with E-state index in [1.54, 1.807) is 20.0 Å². The van der Waals surface area contributed by atoms with Crippen molar-refractivity contribution in [2.24, 2.45) is 7.05 Å². The number of hydrogen-bond acceptors (Lipinski definition) is 6. The molecule has 2 aromatic rings. The molecule has 0 saturated heterocycles. The summed E-state index contributed by atoms with van der Waals surface area (Å²) in [5, 5.41) is 24.1. The molecule has 1 heterocycles. The monoisotopic (exact) mass is 308 g/mol. The van der Waals surface area contributed by atoms with E-state index in [1.807, 2.05) is 0 Å². The number of benzene rings is 1. The molecule has 110 valence electrons. The fourth-order valence-electron chi connectivity index (χ4n) is 1.75. The van der Waals surface area contributed by atoms with Crippen molar-refractivity contribution in [1.82, 2.24) is 14.8 Å². The van der Waals surface area contributed by atoms with Gasteiger partial charge in [-0.2, -0.15) is 5.10 Å². The molecule has 0 saturated carbocycles. The maximum absolute atomic E-state index is 10.7. The lowest BCUT2D eigenvalue weighted by Crippen LogP contribution is -2.00. The molecule has 1 aromatic heterocycles. The zero-order valence-electron chi connectivity index (χ0n) is 11.3. The second-order valence-corrected chi connectivity index (χ2v) is 5.22. The van der Waals surface area contributed by atoms with Crippen LogP contribution in [-0.2, 0) is 11.8 Å². The summed E-state index contributed by atoms with van der Waals surface area (Å²) >= 11 is 1.07. The average molecular weight is 308 g/mol. The second-order valence-electron chi connectivity index (χ2n) is 4.28. The molecule has 0 fully saturated rings. The Labute approximate surface area is 124 Å². The van der Waals surface area contributed by atoms with Gasteiger partial charge in [0.2, 0.25) is 0 Å². The molecule has 0 amide bonds. The molecule has 0 spiro atoms. The Morgan fingerprint density at radius 2 is 2.24 bits per heavy atom. The van der Waals surface area contributed by atoms with Crippen LogP contribution in [0.2, 0.25) is 0 Å². The third kappa shape index (κ3) is 3.37. The molecule has 1 aromatic carbocycles. The number of carboxylic acid groups (broad SMARTS) is 1. The van der Waals surface area contributed by atoms with Gasteiger partial charge in [-0.15, -0.1) is 0 Å². The van der Waals surface area contributed by atoms with Gasteiger partial charge in [0.1, 0.15) is 0 Å². The van der Waals surface area contributed by atoms with E-state index < -0.39 is 10.9 Å². The summed E-state index contributed by atoms with van der Waals surface area (Å²) in [6.45, 7) is 1.74. The van der Waals surface area contributed by atoms with Crippen LogP contribution in [0.5, 0.6) is 0 Å². The molecule has 0 bridgehead atoms. The Kier molecular flexibility index (Phi) is 4.22. The van der Waals surface area contributed by atoms with Gasteiger partial charge in [-0.25, -0.2) is 9.67 Å². The first-order valence-corrected chi connectivity index (χ1v) is 6.88. The Morgan fingerprint density at radius 3 is 2.81 bits per heavy atom. The normalized spacial score (nSPS) is 10.6. The van der Waals surface area contributed by atoms with Crippen LogP contribution < -0.4 is 0 Å². The SMILES string of the molecule is Cc1cc([N+](=O)[O-])ccc1-c1nc(SCC(=O)O)n(C)n1. The van der Waals surface area contributed by atoms with Crippen molar-refractivity contribution in [2.75, 3.05) is 5.75 Å². The number of hydrogen-bond donors (Lipinski definition) is 1. The minimum absolute atomic E-state index is 0.00709. The van der Waals surface area contributed by atoms with E-state index >= 15 is 0 Å². The molecule has 9 heteroatoms. The van der Waals surface area contributed by atoms with Crippen LogP contribution in [-0.4, -0.2) is 36.5 Å². The molecular formula is C12H12N4O4S. The van der Waals surface area contributed by atoms with Crippen LogP contribution in [0.15, 0.2) is 23.4 Å². The molecule has 21 heavy (non-hydrogen) atoms. The van der Waals surface area contributed by atoms with Crippen LogP contribution in [0.3, 0.4) is 0 Å². The van der Waals surface area contributed by atoms with E-state index in [0.717, 1.165) is 11.8 Å². The molecule has 2 rings (SSSR count). The Bertz CT molecular complexity index is 713. The van der Waals surface area contributed by atoms with Crippen molar-refractivity contribution in [3.05, 3.63) is 33.9 Å². The van der Waals surface area contributed by atoms with Gasteiger partial charge >= 0.3 is 5.97 Å². The van der Waals surface area contributed by atoms with Crippen LogP contribution in [0.4, 0.5) is 5.69 Å². The fraction of sp³-hybridized carbons (Fsp3) is 0.250. The molecule has 8 nitrogen and oxygen atoms in total.